The Balaban J connectivity index is 2.57. The molecule has 0 spiro atoms. The van der Waals surface area contributed by atoms with Gasteiger partial charge in [-0.15, -0.1) is 0 Å². The van der Waals surface area contributed by atoms with Crippen LogP contribution in [0.25, 0.3) is 0 Å². The minimum atomic E-state index is -2.58. The number of nitrogens with two attached hydrogens (primary N) is 1. The summed E-state index contributed by atoms with van der Waals surface area (Å²) in [5, 5.41) is 4.90. The highest BCUT2D eigenvalue weighted by molar-refractivity contribution is 7.99. The molecule has 0 aliphatic rings. The fraction of sp³-hybridized carbons (Fsp3) is 0.429. The minimum absolute atomic E-state index is 0.0498. The first-order chi connectivity index (χ1) is 10.3. The van der Waals surface area contributed by atoms with Gasteiger partial charge in [-0.2, -0.15) is 8.78 Å². The van der Waals surface area contributed by atoms with Crippen LogP contribution in [0.1, 0.15) is 13.8 Å². The van der Waals surface area contributed by atoms with Crippen LogP contribution < -0.4 is 16.4 Å². The summed E-state index contributed by atoms with van der Waals surface area (Å²) in [5.41, 5.74) is 5.93. The molecule has 0 aromatic heterocycles. The maximum atomic E-state index is 12.4. The summed E-state index contributed by atoms with van der Waals surface area (Å²) in [7, 11) is 0. The Morgan fingerprint density at radius 2 is 1.91 bits per heavy atom. The Bertz CT molecular complexity index is 527. The highest BCUT2D eigenvalue weighted by Crippen LogP contribution is 2.31. The van der Waals surface area contributed by atoms with Gasteiger partial charge in [0.25, 0.3) is 5.76 Å². The summed E-state index contributed by atoms with van der Waals surface area (Å²) in [6.07, 6.45) is 0. The molecule has 5 nitrogen and oxygen atoms in total. The van der Waals surface area contributed by atoms with Crippen molar-refractivity contribution in [2.75, 3.05) is 11.9 Å². The molecular weight excluding hydrogens is 312 g/mol. The van der Waals surface area contributed by atoms with Gasteiger partial charge in [0.1, 0.15) is 0 Å². The Morgan fingerprint density at radius 3 is 2.50 bits per heavy atom. The molecule has 1 atom stereocenters. The molecule has 1 aromatic carbocycles. The molecular formula is C14H19F2N3O2S. The first-order valence-electron chi connectivity index (χ1n) is 6.68. The number of nitrogens with one attached hydrogen (secondary N) is 2. The number of hydrogen-bond acceptors (Lipinski definition) is 4. The van der Waals surface area contributed by atoms with Crippen molar-refractivity contribution >= 4 is 29.3 Å². The molecule has 4 N–H and O–H groups in total. The van der Waals surface area contributed by atoms with Gasteiger partial charge in [-0.05, 0) is 18.1 Å². The molecule has 0 radical (unpaired) electrons. The highest BCUT2D eigenvalue weighted by Gasteiger charge is 2.18. The predicted octanol–water partition coefficient (Wildman–Crippen LogP) is 2.04. The summed E-state index contributed by atoms with van der Waals surface area (Å²) in [4.78, 5) is 23.7. The predicted molar refractivity (Wildman–Crippen MR) is 82.8 cm³/mol. The van der Waals surface area contributed by atoms with E-state index >= 15 is 0 Å². The van der Waals surface area contributed by atoms with E-state index in [2.05, 4.69) is 10.6 Å². The van der Waals surface area contributed by atoms with Gasteiger partial charge in [0.05, 0.1) is 18.3 Å². The van der Waals surface area contributed by atoms with Crippen LogP contribution >= 0.6 is 11.8 Å². The molecule has 0 bridgehead atoms. The van der Waals surface area contributed by atoms with Crippen molar-refractivity contribution in [1.29, 1.82) is 0 Å². The topological polar surface area (TPSA) is 84.2 Å². The molecule has 0 saturated carbocycles. The van der Waals surface area contributed by atoms with Crippen LogP contribution in [-0.2, 0) is 9.59 Å². The molecule has 0 fully saturated rings. The van der Waals surface area contributed by atoms with Crippen LogP contribution in [-0.4, -0.2) is 30.2 Å². The second kappa shape index (κ2) is 8.70. The Hall–Kier alpha value is -1.67. The van der Waals surface area contributed by atoms with Gasteiger partial charge in [-0.25, -0.2) is 0 Å². The van der Waals surface area contributed by atoms with E-state index in [9.17, 15) is 18.4 Å². The Morgan fingerprint density at radius 1 is 1.27 bits per heavy atom. The third-order valence-corrected chi connectivity index (χ3v) is 3.61. The third kappa shape index (κ3) is 5.98. The summed E-state index contributed by atoms with van der Waals surface area (Å²) < 4.78 is 24.9. The highest BCUT2D eigenvalue weighted by atomic mass is 32.2. The zero-order valence-corrected chi connectivity index (χ0v) is 13.1. The molecule has 8 heteroatoms. The number of alkyl halides is 2. The normalized spacial score (nSPS) is 12.3. The lowest BCUT2D eigenvalue weighted by atomic mass is 10.1. The Labute approximate surface area is 132 Å². The van der Waals surface area contributed by atoms with Crippen molar-refractivity contribution in [2.45, 2.75) is 30.5 Å². The first kappa shape index (κ1) is 18.4. The van der Waals surface area contributed by atoms with Gasteiger partial charge in [-0.1, -0.05) is 37.7 Å². The monoisotopic (exact) mass is 331 g/mol. The number of amides is 2. The number of carbonyl (C=O) groups excluding carboxylic acids is 2. The second-order valence-electron chi connectivity index (χ2n) is 4.91. The van der Waals surface area contributed by atoms with Crippen LogP contribution in [0.5, 0.6) is 0 Å². The third-order valence-electron chi connectivity index (χ3n) is 2.82. The molecule has 0 unspecified atom stereocenters. The lowest BCUT2D eigenvalue weighted by Gasteiger charge is -2.15. The second-order valence-corrected chi connectivity index (χ2v) is 5.94. The number of hydrogen-bond donors (Lipinski definition) is 3. The van der Waals surface area contributed by atoms with Crippen molar-refractivity contribution in [1.82, 2.24) is 5.32 Å². The van der Waals surface area contributed by atoms with Crippen molar-refractivity contribution in [3.05, 3.63) is 24.3 Å². The number of anilines is 1. The molecule has 0 aliphatic carbocycles. The van der Waals surface area contributed by atoms with E-state index in [1.165, 1.54) is 12.1 Å². The standard InChI is InChI=1S/C14H19F2N3O2S/c1-8(2)12(17)13(21)18-7-11(20)19-9-5-3-4-6-10(9)22-14(15)16/h3-6,8,12,14H,7,17H2,1-2H3,(H,18,21)(H,19,20)/t12-/m0/s1. The van der Waals surface area contributed by atoms with Crippen molar-refractivity contribution in [3.63, 3.8) is 0 Å². The summed E-state index contributed by atoms with van der Waals surface area (Å²) >= 11 is 0.345. The van der Waals surface area contributed by atoms with Gasteiger partial charge < -0.3 is 16.4 Å². The fourth-order valence-corrected chi connectivity index (χ4v) is 2.15. The average molecular weight is 331 g/mol. The summed E-state index contributed by atoms with van der Waals surface area (Å²) in [6.45, 7) is 3.32. The van der Waals surface area contributed by atoms with Crippen LogP contribution in [0.3, 0.4) is 0 Å². The molecule has 0 heterocycles. The number of thioether (sulfide) groups is 1. The lowest BCUT2D eigenvalue weighted by molar-refractivity contribution is -0.125. The largest absolute Gasteiger partial charge is 0.346 e. The summed E-state index contributed by atoms with van der Waals surface area (Å²) in [5.74, 6) is -3.57. The molecule has 0 saturated heterocycles. The van der Waals surface area contributed by atoms with E-state index < -0.39 is 23.6 Å². The van der Waals surface area contributed by atoms with Crippen LogP contribution in [0.15, 0.2) is 29.2 Å². The Kier molecular flexibility index (Phi) is 7.26. The molecule has 0 aliphatic heterocycles. The van der Waals surface area contributed by atoms with E-state index in [1.807, 2.05) is 0 Å². The van der Waals surface area contributed by atoms with Gasteiger partial charge in [0.2, 0.25) is 11.8 Å². The number of para-hydroxylation sites is 1. The van der Waals surface area contributed by atoms with Gasteiger partial charge in [-0.3, -0.25) is 9.59 Å². The molecule has 122 valence electrons. The average Bonchev–Trinajstić information content (AvgIpc) is 2.45. The smallest absolute Gasteiger partial charge is 0.288 e. The number of carbonyl (C=O) groups is 2. The van der Waals surface area contributed by atoms with E-state index in [-0.39, 0.29) is 23.0 Å². The SMILES string of the molecule is CC(C)[C@H](N)C(=O)NCC(=O)Nc1ccccc1SC(F)F. The van der Waals surface area contributed by atoms with E-state index in [0.717, 1.165) is 0 Å². The van der Waals surface area contributed by atoms with Crippen molar-refractivity contribution < 1.29 is 18.4 Å². The maximum absolute atomic E-state index is 12.4. The van der Waals surface area contributed by atoms with Crippen molar-refractivity contribution in [3.8, 4) is 0 Å². The zero-order valence-electron chi connectivity index (χ0n) is 12.3. The van der Waals surface area contributed by atoms with E-state index in [4.69, 9.17) is 5.73 Å². The fourth-order valence-electron chi connectivity index (χ4n) is 1.55. The number of benzene rings is 1. The first-order valence-corrected chi connectivity index (χ1v) is 7.56. The quantitative estimate of drug-likeness (QED) is 0.668. The maximum Gasteiger partial charge on any atom is 0.288 e. The van der Waals surface area contributed by atoms with E-state index in [0.29, 0.717) is 11.8 Å². The number of rotatable bonds is 7. The molecule has 2 amide bonds. The van der Waals surface area contributed by atoms with Crippen LogP contribution in [0, 0.1) is 5.92 Å². The van der Waals surface area contributed by atoms with E-state index in [1.54, 1.807) is 26.0 Å². The number of halogens is 2. The molecule has 1 rings (SSSR count). The van der Waals surface area contributed by atoms with Crippen molar-refractivity contribution in [2.24, 2.45) is 11.7 Å². The van der Waals surface area contributed by atoms with Gasteiger partial charge in [0, 0.05) is 4.90 Å². The van der Waals surface area contributed by atoms with Crippen LogP contribution in [0.4, 0.5) is 14.5 Å². The molecule has 1 aromatic rings. The van der Waals surface area contributed by atoms with Gasteiger partial charge >= 0.3 is 0 Å². The van der Waals surface area contributed by atoms with Crippen LogP contribution in [0.2, 0.25) is 0 Å². The molecule has 22 heavy (non-hydrogen) atoms. The minimum Gasteiger partial charge on any atom is -0.346 e. The van der Waals surface area contributed by atoms with Gasteiger partial charge in [0.15, 0.2) is 0 Å². The zero-order chi connectivity index (χ0) is 16.7. The lowest BCUT2D eigenvalue weighted by Crippen LogP contribution is -2.46. The summed E-state index contributed by atoms with van der Waals surface area (Å²) in [6, 6.07) is 5.53.